The van der Waals surface area contributed by atoms with E-state index < -0.39 is 0 Å². The second-order valence-electron chi connectivity index (χ2n) is 7.77. The molecule has 2 fully saturated rings. The molecule has 3 aliphatic carbocycles. The van der Waals surface area contributed by atoms with Crippen LogP contribution in [0.3, 0.4) is 0 Å². The third-order valence-corrected chi connectivity index (χ3v) is 5.97. The Kier molecular flexibility index (Phi) is 3.89. The van der Waals surface area contributed by atoms with Gasteiger partial charge in [-0.25, -0.2) is 0 Å². The highest BCUT2D eigenvalue weighted by Gasteiger charge is 2.37. The van der Waals surface area contributed by atoms with E-state index in [0.29, 0.717) is 12.0 Å². The van der Waals surface area contributed by atoms with Crippen LogP contribution in [0.15, 0.2) is 18.2 Å². The van der Waals surface area contributed by atoms with Crippen molar-refractivity contribution in [2.75, 3.05) is 20.2 Å². The third-order valence-electron chi connectivity index (χ3n) is 5.97. The maximum atomic E-state index is 5.68. The highest BCUT2D eigenvalue weighted by molar-refractivity contribution is 5.45. The van der Waals surface area contributed by atoms with Crippen LogP contribution in [-0.2, 0) is 6.42 Å². The van der Waals surface area contributed by atoms with Crippen molar-refractivity contribution in [3.05, 3.63) is 29.3 Å². The van der Waals surface area contributed by atoms with E-state index in [4.69, 9.17) is 4.74 Å². The summed E-state index contributed by atoms with van der Waals surface area (Å²) in [6.45, 7) is 5.12. The fraction of sp³-hybridized carbons (Fsp3) is 0.700. The molecule has 0 aliphatic heterocycles. The predicted molar refractivity (Wildman–Crippen MR) is 90.5 cm³/mol. The highest BCUT2D eigenvalue weighted by Crippen LogP contribution is 2.42. The van der Waals surface area contributed by atoms with Crippen molar-refractivity contribution in [2.45, 2.75) is 57.4 Å². The van der Waals surface area contributed by atoms with Gasteiger partial charge in [-0.05, 0) is 62.0 Å². The Morgan fingerprint density at radius 1 is 1.05 bits per heavy atom. The van der Waals surface area contributed by atoms with Gasteiger partial charge in [0.1, 0.15) is 5.75 Å². The molecule has 2 atom stereocenters. The molecule has 0 aromatic heterocycles. The summed E-state index contributed by atoms with van der Waals surface area (Å²) in [4.78, 5) is 2.86. The Bertz CT molecular complexity index is 504. The van der Waals surface area contributed by atoms with Gasteiger partial charge in [0.15, 0.2) is 0 Å². The van der Waals surface area contributed by atoms with Crippen LogP contribution in [0, 0.1) is 11.8 Å². The van der Waals surface area contributed by atoms with Crippen LogP contribution in [-0.4, -0.2) is 31.1 Å². The Balaban J connectivity index is 1.58. The van der Waals surface area contributed by atoms with E-state index in [9.17, 15) is 0 Å². The van der Waals surface area contributed by atoms with Crippen molar-refractivity contribution in [1.29, 1.82) is 0 Å². The lowest BCUT2D eigenvalue weighted by Gasteiger charge is -2.40. The third kappa shape index (κ3) is 2.90. The molecule has 0 saturated heterocycles. The predicted octanol–water partition coefficient (Wildman–Crippen LogP) is 4.24. The number of rotatable bonds is 6. The fourth-order valence-electron chi connectivity index (χ4n) is 4.36. The first-order valence-electron chi connectivity index (χ1n) is 9.16. The van der Waals surface area contributed by atoms with Gasteiger partial charge in [-0.15, -0.1) is 0 Å². The average molecular weight is 299 g/mol. The first kappa shape index (κ1) is 14.6. The molecule has 0 amide bonds. The molecular weight excluding hydrogens is 270 g/mol. The summed E-state index contributed by atoms with van der Waals surface area (Å²) in [6.07, 6.45) is 8.38. The molecule has 2 nitrogen and oxygen atoms in total. The van der Waals surface area contributed by atoms with Crippen LogP contribution < -0.4 is 4.74 Å². The van der Waals surface area contributed by atoms with Crippen LogP contribution in [0.4, 0.5) is 0 Å². The molecule has 0 radical (unpaired) electrons. The number of benzene rings is 1. The number of fused-ring (bicyclic) bond motifs is 1. The summed E-state index contributed by atoms with van der Waals surface area (Å²) in [5, 5.41) is 0. The maximum absolute atomic E-state index is 5.68. The van der Waals surface area contributed by atoms with Gasteiger partial charge in [-0.2, -0.15) is 0 Å². The van der Waals surface area contributed by atoms with Gasteiger partial charge in [0.2, 0.25) is 0 Å². The van der Waals surface area contributed by atoms with Crippen molar-refractivity contribution in [3.8, 4) is 5.75 Å². The minimum absolute atomic E-state index is 0.595. The van der Waals surface area contributed by atoms with E-state index in [1.165, 1.54) is 62.7 Å². The summed E-state index contributed by atoms with van der Waals surface area (Å²) < 4.78 is 5.68. The van der Waals surface area contributed by atoms with E-state index in [1.807, 2.05) is 7.11 Å². The lowest BCUT2D eigenvalue weighted by molar-refractivity contribution is 0.144. The zero-order chi connectivity index (χ0) is 15.1. The summed E-state index contributed by atoms with van der Waals surface area (Å²) in [5.74, 6) is 3.68. The molecule has 0 N–H and O–H groups in total. The van der Waals surface area contributed by atoms with Gasteiger partial charge in [0.05, 0.1) is 7.11 Å². The number of methoxy groups -OCH3 is 1. The van der Waals surface area contributed by atoms with Gasteiger partial charge in [0, 0.05) is 30.6 Å². The van der Waals surface area contributed by atoms with Crippen LogP contribution in [0.1, 0.15) is 56.1 Å². The molecule has 2 unspecified atom stereocenters. The Hall–Kier alpha value is -1.02. The number of aryl methyl sites for hydroxylation is 1. The number of hydrogen-bond donors (Lipinski definition) is 0. The smallest absolute Gasteiger partial charge is 0.122 e. The maximum Gasteiger partial charge on any atom is 0.122 e. The molecule has 1 aromatic carbocycles. The summed E-state index contributed by atoms with van der Waals surface area (Å²) in [6, 6.07) is 7.31. The second-order valence-corrected chi connectivity index (χ2v) is 7.77. The van der Waals surface area contributed by atoms with Crippen LogP contribution in [0.5, 0.6) is 5.75 Å². The molecule has 1 aromatic rings. The van der Waals surface area contributed by atoms with Crippen molar-refractivity contribution in [1.82, 2.24) is 4.90 Å². The SMILES string of the molecule is COc1cccc2c1C(C)C(N(CC1CC1)CC1CC1)CC2. The van der Waals surface area contributed by atoms with Gasteiger partial charge in [-0.3, -0.25) is 4.90 Å². The van der Waals surface area contributed by atoms with Crippen molar-refractivity contribution < 1.29 is 4.74 Å². The standard InChI is InChI=1S/C20H29NO/c1-14-18(21(12-15-6-7-15)13-16-8-9-16)11-10-17-4-3-5-19(22-2)20(14)17/h3-5,14-16,18H,6-13H2,1-2H3. The van der Waals surface area contributed by atoms with E-state index in [2.05, 4.69) is 30.0 Å². The van der Waals surface area contributed by atoms with Gasteiger partial charge in [0.25, 0.3) is 0 Å². The van der Waals surface area contributed by atoms with E-state index in [1.54, 1.807) is 0 Å². The molecule has 0 spiro atoms. The quantitative estimate of drug-likeness (QED) is 0.779. The lowest BCUT2D eigenvalue weighted by atomic mass is 9.78. The zero-order valence-corrected chi connectivity index (χ0v) is 14.1. The normalized spacial score (nSPS) is 27.8. The van der Waals surface area contributed by atoms with E-state index in [-0.39, 0.29) is 0 Å². The minimum atomic E-state index is 0.595. The van der Waals surface area contributed by atoms with Gasteiger partial charge < -0.3 is 4.74 Å². The molecule has 2 saturated carbocycles. The molecule has 120 valence electrons. The van der Waals surface area contributed by atoms with E-state index >= 15 is 0 Å². The van der Waals surface area contributed by atoms with Crippen LogP contribution >= 0.6 is 0 Å². The Morgan fingerprint density at radius 2 is 1.73 bits per heavy atom. The van der Waals surface area contributed by atoms with Crippen molar-refractivity contribution >= 4 is 0 Å². The topological polar surface area (TPSA) is 12.5 Å². The minimum Gasteiger partial charge on any atom is -0.496 e. The monoisotopic (exact) mass is 299 g/mol. The lowest BCUT2D eigenvalue weighted by Crippen LogP contribution is -2.43. The molecule has 0 heterocycles. The van der Waals surface area contributed by atoms with Gasteiger partial charge in [-0.1, -0.05) is 19.1 Å². The van der Waals surface area contributed by atoms with Crippen LogP contribution in [0.2, 0.25) is 0 Å². The van der Waals surface area contributed by atoms with Crippen LogP contribution in [0.25, 0.3) is 0 Å². The molecule has 22 heavy (non-hydrogen) atoms. The first-order chi connectivity index (χ1) is 10.8. The molecular formula is C20H29NO. The number of nitrogens with zero attached hydrogens (tertiary/aromatic N) is 1. The highest BCUT2D eigenvalue weighted by atomic mass is 16.5. The summed E-state index contributed by atoms with van der Waals surface area (Å²) in [5.41, 5.74) is 3.00. The first-order valence-corrected chi connectivity index (χ1v) is 9.16. The Labute approximate surface area is 134 Å². The van der Waals surface area contributed by atoms with Crippen molar-refractivity contribution in [2.24, 2.45) is 11.8 Å². The molecule has 0 bridgehead atoms. The summed E-state index contributed by atoms with van der Waals surface area (Å²) in [7, 11) is 1.82. The second kappa shape index (κ2) is 5.88. The average Bonchev–Trinajstić information content (AvgIpc) is 3.42. The van der Waals surface area contributed by atoms with E-state index in [0.717, 1.165) is 17.6 Å². The largest absolute Gasteiger partial charge is 0.496 e. The fourth-order valence-corrected chi connectivity index (χ4v) is 4.36. The zero-order valence-electron chi connectivity index (χ0n) is 14.1. The number of hydrogen-bond acceptors (Lipinski definition) is 2. The molecule has 2 heteroatoms. The Morgan fingerprint density at radius 3 is 2.32 bits per heavy atom. The molecule has 4 rings (SSSR count). The van der Waals surface area contributed by atoms with Gasteiger partial charge >= 0.3 is 0 Å². The summed E-state index contributed by atoms with van der Waals surface area (Å²) >= 11 is 0. The number of ether oxygens (including phenoxy) is 1. The molecule has 3 aliphatic rings. The van der Waals surface area contributed by atoms with Crippen molar-refractivity contribution in [3.63, 3.8) is 0 Å².